The van der Waals surface area contributed by atoms with Gasteiger partial charge in [0.15, 0.2) is 11.5 Å². The number of hydrogen-bond donors (Lipinski definition) is 0. The molecule has 0 bridgehead atoms. The largest absolute Gasteiger partial charge is 0.497 e. The molecule has 1 aromatic carbocycles. The van der Waals surface area contributed by atoms with E-state index < -0.39 is 0 Å². The van der Waals surface area contributed by atoms with Gasteiger partial charge >= 0.3 is 0 Å². The highest BCUT2D eigenvalue weighted by Gasteiger charge is 2.10. The molecule has 0 amide bonds. The molecule has 14 heavy (non-hydrogen) atoms. The van der Waals surface area contributed by atoms with Gasteiger partial charge in [0, 0.05) is 17.7 Å². The lowest BCUT2D eigenvalue weighted by Gasteiger charge is -1.97. The Morgan fingerprint density at radius 2 is 2.21 bits per heavy atom. The van der Waals surface area contributed by atoms with Crippen molar-refractivity contribution in [3.05, 3.63) is 30.2 Å². The zero-order valence-electron chi connectivity index (χ0n) is 8.03. The number of fused-ring (bicyclic) bond motifs is 1. The smallest absolute Gasteiger partial charge is 0.195 e. The summed E-state index contributed by atoms with van der Waals surface area (Å²) in [6.45, 7) is 1.49. The van der Waals surface area contributed by atoms with Gasteiger partial charge in [0.1, 0.15) is 5.75 Å². The van der Waals surface area contributed by atoms with Crippen molar-refractivity contribution in [1.29, 1.82) is 0 Å². The number of carbonyl (C=O) groups is 1. The second-order valence-corrected chi connectivity index (χ2v) is 3.07. The van der Waals surface area contributed by atoms with E-state index in [0.29, 0.717) is 5.76 Å². The van der Waals surface area contributed by atoms with Crippen molar-refractivity contribution in [3.8, 4) is 5.75 Å². The molecule has 0 N–H and O–H groups in total. The minimum atomic E-state index is -0.0647. The Labute approximate surface area is 81.3 Å². The summed E-state index contributed by atoms with van der Waals surface area (Å²) < 4.78 is 10.2. The molecule has 0 radical (unpaired) electrons. The molecule has 3 nitrogen and oxygen atoms in total. The van der Waals surface area contributed by atoms with Gasteiger partial charge < -0.3 is 9.15 Å². The summed E-state index contributed by atoms with van der Waals surface area (Å²) in [6, 6.07) is 5.48. The van der Waals surface area contributed by atoms with E-state index in [4.69, 9.17) is 9.15 Å². The summed E-state index contributed by atoms with van der Waals surface area (Å²) in [7, 11) is 1.60. The fourth-order valence-electron chi connectivity index (χ4n) is 1.43. The number of Topliss-reactive ketones (excluding diaryl/α,β-unsaturated/α-hetero) is 1. The van der Waals surface area contributed by atoms with E-state index in [9.17, 15) is 4.79 Å². The monoisotopic (exact) mass is 190 g/mol. The lowest BCUT2D eigenvalue weighted by molar-refractivity contribution is 0.0989. The van der Waals surface area contributed by atoms with Crippen molar-refractivity contribution >= 4 is 16.6 Å². The van der Waals surface area contributed by atoms with Crippen LogP contribution in [0.2, 0.25) is 0 Å². The lowest BCUT2D eigenvalue weighted by Crippen LogP contribution is -1.88. The summed E-state index contributed by atoms with van der Waals surface area (Å²) in [4.78, 5) is 11.1. The summed E-state index contributed by atoms with van der Waals surface area (Å²) >= 11 is 0. The maximum absolute atomic E-state index is 11.1. The van der Waals surface area contributed by atoms with Gasteiger partial charge in [-0.25, -0.2) is 0 Å². The Bertz CT molecular complexity index is 482. The van der Waals surface area contributed by atoms with Crippen LogP contribution in [0.25, 0.3) is 10.8 Å². The first-order valence-corrected chi connectivity index (χ1v) is 4.28. The molecule has 0 saturated carbocycles. The SMILES string of the molecule is COc1ccc2c(C(C)=O)occ2c1. The van der Waals surface area contributed by atoms with Crippen LogP contribution in [0, 0.1) is 0 Å². The lowest BCUT2D eigenvalue weighted by atomic mass is 10.1. The molecule has 2 aromatic rings. The van der Waals surface area contributed by atoms with Crippen molar-refractivity contribution in [2.75, 3.05) is 7.11 Å². The van der Waals surface area contributed by atoms with Gasteiger partial charge in [0.05, 0.1) is 13.4 Å². The normalized spacial score (nSPS) is 10.4. The quantitative estimate of drug-likeness (QED) is 0.683. The number of ether oxygens (including phenoxy) is 1. The highest BCUT2D eigenvalue weighted by atomic mass is 16.5. The summed E-state index contributed by atoms with van der Waals surface area (Å²) in [5, 5.41) is 1.72. The average molecular weight is 190 g/mol. The molecule has 0 fully saturated rings. The third kappa shape index (κ3) is 1.27. The summed E-state index contributed by atoms with van der Waals surface area (Å²) in [6.07, 6.45) is 1.56. The van der Waals surface area contributed by atoms with Crippen LogP contribution in [0.4, 0.5) is 0 Å². The molecule has 72 valence electrons. The maximum Gasteiger partial charge on any atom is 0.195 e. The van der Waals surface area contributed by atoms with Crippen molar-refractivity contribution < 1.29 is 13.9 Å². The Kier molecular flexibility index (Phi) is 2.00. The third-order valence-electron chi connectivity index (χ3n) is 2.13. The van der Waals surface area contributed by atoms with Gasteiger partial charge in [-0.1, -0.05) is 0 Å². The van der Waals surface area contributed by atoms with Crippen LogP contribution in [0.3, 0.4) is 0 Å². The molecule has 3 heteroatoms. The standard InChI is InChI=1S/C11H10O3/c1-7(12)11-10-4-3-9(13-2)5-8(10)6-14-11/h3-6H,1-2H3. The summed E-state index contributed by atoms with van der Waals surface area (Å²) in [5.74, 6) is 1.10. The molecule has 2 rings (SSSR count). The predicted octanol–water partition coefficient (Wildman–Crippen LogP) is 2.64. The van der Waals surface area contributed by atoms with Gasteiger partial charge in [0.25, 0.3) is 0 Å². The van der Waals surface area contributed by atoms with Gasteiger partial charge in [-0.3, -0.25) is 4.79 Å². The van der Waals surface area contributed by atoms with E-state index in [1.807, 2.05) is 18.2 Å². The van der Waals surface area contributed by atoms with Crippen LogP contribution in [-0.4, -0.2) is 12.9 Å². The Morgan fingerprint density at radius 1 is 1.43 bits per heavy atom. The average Bonchev–Trinajstić information content (AvgIpc) is 2.59. The second-order valence-electron chi connectivity index (χ2n) is 3.07. The Morgan fingerprint density at radius 3 is 2.86 bits per heavy atom. The highest BCUT2D eigenvalue weighted by Crippen LogP contribution is 2.25. The zero-order chi connectivity index (χ0) is 10.1. The first-order chi connectivity index (χ1) is 6.72. The molecule has 0 aliphatic rings. The third-order valence-corrected chi connectivity index (χ3v) is 2.13. The van der Waals surface area contributed by atoms with Crippen molar-refractivity contribution in [1.82, 2.24) is 0 Å². The molecular weight excluding hydrogens is 180 g/mol. The molecule has 0 saturated heterocycles. The highest BCUT2D eigenvalue weighted by molar-refractivity contribution is 6.05. The van der Waals surface area contributed by atoms with Crippen LogP contribution in [0.5, 0.6) is 5.75 Å². The molecule has 1 heterocycles. The van der Waals surface area contributed by atoms with Crippen LogP contribution in [-0.2, 0) is 0 Å². The van der Waals surface area contributed by atoms with Crippen molar-refractivity contribution in [2.45, 2.75) is 6.92 Å². The number of benzene rings is 1. The number of carbonyl (C=O) groups excluding carboxylic acids is 1. The van der Waals surface area contributed by atoms with Gasteiger partial charge in [0.2, 0.25) is 0 Å². The second kappa shape index (κ2) is 3.18. The van der Waals surface area contributed by atoms with Crippen LogP contribution >= 0.6 is 0 Å². The molecule has 0 spiro atoms. The molecular formula is C11H10O3. The van der Waals surface area contributed by atoms with Gasteiger partial charge in [-0.05, 0) is 18.2 Å². The van der Waals surface area contributed by atoms with Crippen LogP contribution in [0.15, 0.2) is 28.9 Å². The Balaban J connectivity index is 2.65. The number of methoxy groups -OCH3 is 1. The summed E-state index contributed by atoms with van der Waals surface area (Å²) in [5.41, 5.74) is 0. The number of rotatable bonds is 2. The van der Waals surface area contributed by atoms with Crippen molar-refractivity contribution in [3.63, 3.8) is 0 Å². The molecule has 0 atom stereocenters. The number of ketones is 1. The van der Waals surface area contributed by atoms with Gasteiger partial charge in [-0.15, -0.1) is 0 Å². The first kappa shape index (κ1) is 8.81. The minimum absolute atomic E-state index is 0.0647. The van der Waals surface area contributed by atoms with E-state index >= 15 is 0 Å². The van der Waals surface area contributed by atoms with E-state index in [1.165, 1.54) is 6.92 Å². The number of furan rings is 1. The van der Waals surface area contributed by atoms with E-state index in [0.717, 1.165) is 16.5 Å². The molecule has 0 aliphatic carbocycles. The minimum Gasteiger partial charge on any atom is -0.497 e. The molecule has 0 aliphatic heterocycles. The fraction of sp³-hybridized carbons (Fsp3) is 0.182. The maximum atomic E-state index is 11.1. The zero-order valence-corrected chi connectivity index (χ0v) is 8.03. The topological polar surface area (TPSA) is 39.4 Å². The van der Waals surface area contributed by atoms with E-state index in [-0.39, 0.29) is 5.78 Å². The van der Waals surface area contributed by atoms with Gasteiger partial charge in [-0.2, -0.15) is 0 Å². The molecule has 1 aromatic heterocycles. The van der Waals surface area contributed by atoms with Crippen LogP contribution < -0.4 is 4.74 Å². The van der Waals surface area contributed by atoms with Crippen LogP contribution in [0.1, 0.15) is 17.5 Å². The van der Waals surface area contributed by atoms with Crippen molar-refractivity contribution in [2.24, 2.45) is 0 Å². The van der Waals surface area contributed by atoms with E-state index in [1.54, 1.807) is 13.4 Å². The first-order valence-electron chi connectivity index (χ1n) is 4.28. The van der Waals surface area contributed by atoms with E-state index in [2.05, 4.69) is 0 Å². The molecule has 0 unspecified atom stereocenters. The fourth-order valence-corrected chi connectivity index (χ4v) is 1.43. The Hall–Kier alpha value is -1.77. The number of hydrogen-bond acceptors (Lipinski definition) is 3. The predicted molar refractivity (Wildman–Crippen MR) is 52.8 cm³/mol.